The van der Waals surface area contributed by atoms with Gasteiger partial charge in [0.25, 0.3) is 5.56 Å². The van der Waals surface area contributed by atoms with Gasteiger partial charge in [0.1, 0.15) is 19.3 Å². The third kappa shape index (κ3) is 7.19. The Morgan fingerprint density at radius 2 is 2.03 bits per heavy atom. The van der Waals surface area contributed by atoms with Gasteiger partial charge in [-0.05, 0) is 26.0 Å². The highest BCUT2D eigenvalue weighted by Gasteiger charge is 2.46. The van der Waals surface area contributed by atoms with Gasteiger partial charge in [0.15, 0.2) is 12.0 Å². The van der Waals surface area contributed by atoms with E-state index in [4.69, 9.17) is 18.5 Å². The van der Waals surface area contributed by atoms with Crippen molar-refractivity contribution >= 4 is 14.1 Å². The highest BCUT2D eigenvalue weighted by atomic mass is 31.2. The quantitative estimate of drug-likeness (QED) is 0.276. The summed E-state index contributed by atoms with van der Waals surface area (Å²) in [4.78, 5) is 48.2. The Morgan fingerprint density at radius 3 is 2.70 bits per heavy atom. The van der Waals surface area contributed by atoms with Crippen LogP contribution in [-0.2, 0) is 18.8 Å². The molecule has 13 heteroatoms. The highest BCUT2D eigenvalue weighted by molar-refractivity contribution is 7.58. The topological polar surface area (TPSA) is 161 Å². The number of hydrogen-bond acceptors (Lipinski definition) is 10. The van der Waals surface area contributed by atoms with Crippen LogP contribution in [0.5, 0.6) is 5.75 Å². The Labute approximate surface area is 189 Å². The molecule has 0 amide bonds. The molecule has 0 aliphatic carbocycles. The van der Waals surface area contributed by atoms with Gasteiger partial charge in [-0.25, -0.2) is 4.79 Å². The number of esters is 1. The van der Waals surface area contributed by atoms with Crippen molar-refractivity contribution in [3.63, 3.8) is 0 Å². The maximum Gasteiger partial charge on any atom is 0.544 e. The van der Waals surface area contributed by atoms with Crippen molar-refractivity contribution in [1.82, 2.24) is 14.6 Å². The lowest BCUT2D eigenvalue weighted by Crippen LogP contribution is -2.35. The fourth-order valence-electron chi connectivity index (χ4n) is 3.10. The van der Waals surface area contributed by atoms with Gasteiger partial charge < -0.3 is 14.6 Å². The van der Waals surface area contributed by atoms with E-state index in [9.17, 15) is 24.4 Å². The fraction of sp³-hybridized carbons (Fsp3) is 0.450. The molecule has 1 fully saturated rings. The number of carbonyl (C=O) groups excluding carboxylic acids is 1. The molecule has 4 unspecified atom stereocenters. The zero-order valence-corrected chi connectivity index (χ0v) is 19.0. The summed E-state index contributed by atoms with van der Waals surface area (Å²) >= 11 is 0. The van der Waals surface area contributed by atoms with Gasteiger partial charge >= 0.3 is 19.8 Å². The Bertz CT molecular complexity index is 1040. The Morgan fingerprint density at radius 1 is 1.30 bits per heavy atom. The van der Waals surface area contributed by atoms with E-state index in [0.29, 0.717) is 5.75 Å². The monoisotopic (exact) mass is 484 g/mol. The summed E-state index contributed by atoms with van der Waals surface area (Å²) < 4.78 is 23.0. The van der Waals surface area contributed by atoms with Crippen molar-refractivity contribution in [2.45, 2.75) is 44.8 Å². The predicted molar refractivity (Wildman–Crippen MR) is 117 cm³/mol. The molecule has 0 spiro atoms. The van der Waals surface area contributed by atoms with E-state index in [0.717, 1.165) is 10.6 Å². The summed E-state index contributed by atoms with van der Waals surface area (Å²) in [5, 5.41) is 12.9. The largest absolute Gasteiger partial charge is 0.544 e. The van der Waals surface area contributed by atoms with Crippen LogP contribution in [0.1, 0.15) is 26.5 Å². The lowest BCUT2D eigenvalue weighted by molar-refractivity contribution is -0.146. The first-order valence-electron chi connectivity index (χ1n) is 10.3. The molecule has 0 bridgehead atoms. The third-order valence-electron chi connectivity index (χ3n) is 4.49. The summed E-state index contributed by atoms with van der Waals surface area (Å²) in [5.74, 6) is -0.295. The molecule has 12 nitrogen and oxygen atoms in total. The van der Waals surface area contributed by atoms with E-state index < -0.39 is 43.7 Å². The number of carbonyl (C=O) groups is 1. The number of benzene rings is 1. The van der Waals surface area contributed by atoms with Crippen LogP contribution >= 0.6 is 8.09 Å². The van der Waals surface area contributed by atoms with Crippen LogP contribution < -0.4 is 20.9 Å². The summed E-state index contributed by atoms with van der Waals surface area (Å²) in [6.45, 7) is 2.82. The van der Waals surface area contributed by atoms with Gasteiger partial charge in [-0.3, -0.25) is 23.7 Å². The molecule has 180 valence electrons. The Balaban J connectivity index is 1.66. The van der Waals surface area contributed by atoms with Gasteiger partial charge in [0.2, 0.25) is 0 Å². The van der Waals surface area contributed by atoms with Crippen LogP contribution in [0.2, 0.25) is 0 Å². The van der Waals surface area contributed by atoms with E-state index in [1.54, 1.807) is 44.2 Å². The predicted octanol–water partition coefficient (Wildman–Crippen LogP) is 0.492. The highest BCUT2D eigenvalue weighted by Crippen LogP contribution is 2.52. The van der Waals surface area contributed by atoms with E-state index in [-0.39, 0.29) is 25.7 Å². The van der Waals surface area contributed by atoms with Crippen LogP contribution in [0, 0.1) is 0 Å². The minimum atomic E-state index is -3.80. The van der Waals surface area contributed by atoms with Crippen LogP contribution in [0.15, 0.2) is 52.2 Å². The van der Waals surface area contributed by atoms with Crippen molar-refractivity contribution in [2.24, 2.45) is 0 Å². The second-order valence-corrected chi connectivity index (χ2v) is 9.36. The van der Waals surface area contributed by atoms with Gasteiger partial charge in [0, 0.05) is 18.7 Å². The van der Waals surface area contributed by atoms with E-state index >= 15 is 0 Å². The molecule has 33 heavy (non-hydrogen) atoms. The molecule has 1 saturated heterocycles. The molecule has 3 rings (SSSR count). The number of aromatic amines is 1. The van der Waals surface area contributed by atoms with Gasteiger partial charge in [-0.1, -0.05) is 23.3 Å². The summed E-state index contributed by atoms with van der Waals surface area (Å²) in [5.41, 5.74) is -1.30. The molecule has 4 atom stereocenters. The molecule has 2 heterocycles. The number of nitrogens with one attached hydrogen (secondary N) is 2. The molecule has 2 aromatic rings. The van der Waals surface area contributed by atoms with E-state index in [2.05, 4.69) is 10.1 Å². The zero-order chi connectivity index (χ0) is 24.0. The van der Waals surface area contributed by atoms with Crippen molar-refractivity contribution in [2.75, 3.05) is 13.2 Å². The number of aliphatic hydroxyl groups excluding tert-OH is 1. The Kier molecular flexibility index (Phi) is 8.35. The van der Waals surface area contributed by atoms with Crippen molar-refractivity contribution in [3.05, 3.63) is 63.4 Å². The minimum absolute atomic E-state index is 0.0942. The van der Waals surface area contributed by atoms with E-state index in [1.807, 2.05) is 0 Å². The first-order valence-corrected chi connectivity index (χ1v) is 11.8. The van der Waals surface area contributed by atoms with Gasteiger partial charge in [0.05, 0.1) is 12.2 Å². The molecular formula is C20H27N3O9P+. The fourth-order valence-corrected chi connectivity index (χ4v) is 4.41. The van der Waals surface area contributed by atoms with E-state index in [1.165, 1.54) is 6.20 Å². The first kappa shape index (κ1) is 25.0. The summed E-state index contributed by atoms with van der Waals surface area (Å²) in [6, 6.07) is 9.53. The van der Waals surface area contributed by atoms with Crippen LogP contribution in [0.25, 0.3) is 0 Å². The number of hydrogen-bond donors (Lipinski definition) is 4. The SMILES string of the molecule is CC(C)OC(=O)CN[P+](O)(OCC1CC(O)C(n2ccc(=O)[nH]c2=O)O1)Oc1ccccc1. The number of H-pyrrole nitrogens is 1. The number of aliphatic hydroxyl groups is 1. The lowest BCUT2D eigenvalue weighted by atomic mass is 10.2. The standard InChI is InChI=1S/C20H26N3O9P/c1-13(2)30-18(26)11-21-33(28,32-14-6-4-3-5-7-14)29-12-15-10-16(24)19(31-15)23-9-8-17(25)22-20(23)27/h3-9,13,15-16,19,21,24,28H,10-12H2,1-2H3/p+1. The molecule has 4 N–H and O–H groups in total. The zero-order valence-electron chi connectivity index (χ0n) is 18.1. The molecule has 1 aromatic heterocycles. The number of rotatable bonds is 10. The van der Waals surface area contributed by atoms with Crippen LogP contribution in [-0.4, -0.2) is 57.0 Å². The van der Waals surface area contributed by atoms with Gasteiger partial charge in [-0.15, -0.1) is 0 Å². The van der Waals surface area contributed by atoms with Crippen LogP contribution in [0.4, 0.5) is 0 Å². The minimum Gasteiger partial charge on any atom is -0.462 e. The maximum atomic E-state index is 12.0. The molecule has 1 aliphatic rings. The molecule has 0 saturated carbocycles. The van der Waals surface area contributed by atoms with Crippen molar-refractivity contribution < 1.29 is 33.3 Å². The number of para-hydroxylation sites is 1. The molecule has 1 aromatic carbocycles. The van der Waals surface area contributed by atoms with Crippen molar-refractivity contribution in [1.29, 1.82) is 0 Å². The molecular weight excluding hydrogens is 457 g/mol. The number of nitrogens with zero attached hydrogens (tertiary/aromatic N) is 1. The second kappa shape index (κ2) is 11.0. The van der Waals surface area contributed by atoms with Crippen molar-refractivity contribution in [3.8, 4) is 5.75 Å². The summed E-state index contributed by atoms with van der Waals surface area (Å²) in [6.07, 6.45) is -1.82. The van der Waals surface area contributed by atoms with Crippen LogP contribution in [0.3, 0.4) is 0 Å². The van der Waals surface area contributed by atoms with Gasteiger partial charge in [-0.2, -0.15) is 9.42 Å². The third-order valence-corrected chi connectivity index (χ3v) is 6.00. The molecule has 0 radical (unpaired) electrons. The first-order chi connectivity index (χ1) is 15.6. The lowest BCUT2D eigenvalue weighted by Gasteiger charge is -2.20. The second-order valence-electron chi connectivity index (χ2n) is 7.56. The summed E-state index contributed by atoms with van der Waals surface area (Å²) in [7, 11) is -3.80. The average Bonchev–Trinajstić information content (AvgIpc) is 3.12. The average molecular weight is 484 g/mol. The smallest absolute Gasteiger partial charge is 0.462 e. The normalized spacial score (nSPS) is 22.2. The molecule has 1 aliphatic heterocycles. The Hall–Kier alpha value is -2.60. The number of aromatic nitrogens is 2. The number of ether oxygens (including phenoxy) is 2. The maximum absolute atomic E-state index is 12.0.